The minimum Gasteiger partial charge on any atom is -0.486 e. The van der Waals surface area contributed by atoms with Gasteiger partial charge in [0.2, 0.25) is 5.91 Å². The molecule has 1 radical (unpaired) electrons. The van der Waals surface area contributed by atoms with Crippen molar-refractivity contribution in [3.8, 4) is 11.5 Å². The van der Waals surface area contributed by atoms with Crippen LogP contribution in [0.25, 0.3) is 10.9 Å². The van der Waals surface area contributed by atoms with Crippen molar-refractivity contribution in [2.45, 2.75) is 18.6 Å². The number of hydrogen-bond donors (Lipinski definition) is 3. The maximum Gasteiger partial charge on any atom is 0.234 e. The predicted octanol–water partition coefficient (Wildman–Crippen LogP) is 0.110. The SMILES string of the molecule is NC(=O)C(N)C[CH][C@H]1COc2ccc3cn[nH]c3c2O1. The van der Waals surface area contributed by atoms with Crippen LogP contribution in [0.1, 0.15) is 6.42 Å². The summed E-state index contributed by atoms with van der Waals surface area (Å²) in [4.78, 5) is 10.9. The van der Waals surface area contributed by atoms with Crippen LogP contribution in [0, 0.1) is 6.42 Å². The largest absolute Gasteiger partial charge is 0.486 e. The highest BCUT2D eigenvalue weighted by Crippen LogP contribution is 2.38. The lowest BCUT2D eigenvalue weighted by molar-refractivity contribution is -0.119. The lowest BCUT2D eigenvalue weighted by atomic mass is 10.1. The molecule has 2 aromatic rings. The van der Waals surface area contributed by atoms with E-state index >= 15 is 0 Å². The standard InChI is InChI=1S/C13H15N4O3/c14-9(13(15)18)3-2-8-6-19-10-4-1-7-5-16-17-11(7)12(10)20-8/h1-2,4-5,8-9H,3,6,14H2,(H2,15,18)(H,16,17)/t8-,9?/m0/s1. The van der Waals surface area contributed by atoms with E-state index in [2.05, 4.69) is 10.2 Å². The summed E-state index contributed by atoms with van der Waals surface area (Å²) < 4.78 is 11.5. The topological polar surface area (TPSA) is 116 Å². The van der Waals surface area contributed by atoms with E-state index in [9.17, 15) is 4.79 Å². The second kappa shape index (κ2) is 5.01. The summed E-state index contributed by atoms with van der Waals surface area (Å²) in [7, 11) is 0. The molecule has 0 aliphatic carbocycles. The highest BCUT2D eigenvalue weighted by atomic mass is 16.6. The minimum absolute atomic E-state index is 0.276. The Labute approximate surface area is 115 Å². The van der Waals surface area contributed by atoms with Gasteiger partial charge in [0.15, 0.2) is 11.5 Å². The fourth-order valence-electron chi connectivity index (χ4n) is 2.09. The van der Waals surface area contributed by atoms with Crippen LogP contribution in [-0.2, 0) is 4.79 Å². The van der Waals surface area contributed by atoms with Crippen molar-refractivity contribution in [2.75, 3.05) is 6.61 Å². The number of aromatic nitrogens is 2. The van der Waals surface area contributed by atoms with Gasteiger partial charge in [-0.3, -0.25) is 9.89 Å². The van der Waals surface area contributed by atoms with Gasteiger partial charge in [-0.05, 0) is 18.6 Å². The molecule has 1 aromatic heterocycles. The molecule has 1 amide bonds. The Morgan fingerprint density at radius 3 is 3.25 bits per heavy atom. The van der Waals surface area contributed by atoms with Crippen LogP contribution in [0.2, 0.25) is 0 Å². The smallest absolute Gasteiger partial charge is 0.234 e. The molecule has 20 heavy (non-hydrogen) atoms. The Morgan fingerprint density at radius 1 is 1.60 bits per heavy atom. The number of aromatic amines is 1. The van der Waals surface area contributed by atoms with E-state index in [4.69, 9.17) is 20.9 Å². The molecule has 0 saturated carbocycles. The van der Waals surface area contributed by atoms with Crippen molar-refractivity contribution in [1.82, 2.24) is 10.2 Å². The van der Waals surface area contributed by atoms with Gasteiger partial charge in [0.05, 0.1) is 12.2 Å². The number of H-pyrrole nitrogens is 1. The molecule has 1 aliphatic rings. The van der Waals surface area contributed by atoms with Gasteiger partial charge >= 0.3 is 0 Å². The molecule has 1 aromatic carbocycles. The molecule has 7 heteroatoms. The number of rotatable bonds is 4. The average Bonchev–Trinajstić information content (AvgIpc) is 2.93. The summed E-state index contributed by atoms with van der Waals surface area (Å²) in [5.41, 5.74) is 11.5. The first kappa shape index (κ1) is 12.7. The summed E-state index contributed by atoms with van der Waals surface area (Å²) in [6.07, 6.45) is 3.59. The number of fused-ring (bicyclic) bond motifs is 3. The second-order valence-corrected chi connectivity index (χ2v) is 4.67. The van der Waals surface area contributed by atoms with Gasteiger partial charge in [-0.2, -0.15) is 5.10 Å². The molecule has 1 aliphatic heterocycles. The molecule has 105 valence electrons. The molecule has 5 N–H and O–H groups in total. The Balaban J connectivity index is 1.74. The molecule has 0 bridgehead atoms. The molecule has 1 unspecified atom stereocenters. The molecule has 0 spiro atoms. The first-order chi connectivity index (χ1) is 9.65. The Hall–Kier alpha value is -2.28. The van der Waals surface area contributed by atoms with Crippen LogP contribution in [0.3, 0.4) is 0 Å². The van der Waals surface area contributed by atoms with E-state index in [1.807, 2.05) is 12.1 Å². The van der Waals surface area contributed by atoms with Gasteiger partial charge in [-0.15, -0.1) is 0 Å². The third kappa shape index (κ3) is 2.27. The van der Waals surface area contributed by atoms with Gasteiger partial charge in [0.1, 0.15) is 18.2 Å². The minimum atomic E-state index is -0.706. The predicted molar refractivity (Wildman–Crippen MR) is 72.1 cm³/mol. The molecule has 0 fully saturated rings. The molecule has 3 rings (SSSR count). The zero-order valence-electron chi connectivity index (χ0n) is 10.7. The first-order valence-corrected chi connectivity index (χ1v) is 6.29. The number of amides is 1. The molecule has 2 heterocycles. The Kier molecular flexibility index (Phi) is 3.19. The summed E-state index contributed by atoms with van der Waals surface area (Å²) in [6.45, 7) is 0.373. The fourth-order valence-corrected chi connectivity index (χ4v) is 2.09. The van der Waals surface area contributed by atoms with Crippen molar-refractivity contribution < 1.29 is 14.3 Å². The molecular weight excluding hydrogens is 260 g/mol. The lowest BCUT2D eigenvalue weighted by Gasteiger charge is -2.27. The van der Waals surface area contributed by atoms with Crippen molar-refractivity contribution in [3.05, 3.63) is 24.8 Å². The number of nitrogens with zero attached hydrogens (tertiary/aromatic N) is 1. The van der Waals surface area contributed by atoms with E-state index in [-0.39, 0.29) is 6.10 Å². The molecule has 2 atom stereocenters. The number of benzene rings is 1. The monoisotopic (exact) mass is 275 g/mol. The van der Waals surface area contributed by atoms with Crippen LogP contribution in [0.15, 0.2) is 18.3 Å². The van der Waals surface area contributed by atoms with Crippen LogP contribution < -0.4 is 20.9 Å². The van der Waals surface area contributed by atoms with Crippen molar-refractivity contribution in [2.24, 2.45) is 11.5 Å². The summed E-state index contributed by atoms with van der Waals surface area (Å²) in [6, 6.07) is 3.05. The van der Waals surface area contributed by atoms with Crippen LogP contribution in [0.5, 0.6) is 11.5 Å². The van der Waals surface area contributed by atoms with E-state index in [0.29, 0.717) is 24.5 Å². The van der Waals surface area contributed by atoms with Crippen molar-refractivity contribution in [3.63, 3.8) is 0 Å². The second-order valence-electron chi connectivity index (χ2n) is 4.67. The van der Waals surface area contributed by atoms with Gasteiger partial charge in [-0.1, -0.05) is 0 Å². The number of hydrogen-bond acceptors (Lipinski definition) is 5. The number of primary amides is 1. The maximum absolute atomic E-state index is 10.9. The van der Waals surface area contributed by atoms with E-state index in [1.54, 1.807) is 12.6 Å². The van der Waals surface area contributed by atoms with Gasteiger partial charge < -0.3 is 20.9 Å². The van der Waals surface area contributed by atoms with Gasteiger partial charge in [0, 0.05) is 11.8 Å². The highest BCUT2D eigenvalue weighted by molar-refractivity contribution is 5.87. The van der Waals surface area contributed by atoms with Gasteiger partial charge in [0.25, 0.3) is 0 Å². The zero-order valence-corrected chi connectivity index (χ0v) is 10.7. The molecular formula is C13H15N4O3. The van der Waals surface area contributed by atoms with E-state index in [0.717, 1.165) is 10.9 Å². The quantitative estimate of drug-likeness (QED) is 0.732. The average molecular weight is 275 g/mol. The Bertz CT molecular complexity index is 640. The number of ether oxygens (including phenoxy) is 2. The summed E-state index contributed by atoms with van der Waals surface area (Å²) >= 11 is 0. The normalized spacial score (nSPS) is 18.9. The van der Waals surface area contributed by atoms with Crippen LogP contribution in [0.4, 0.5) is 0 Å². The Morgan fingerprint density at radius 2 is 2.45 bits per heavy atom. The summed E-state index contributed by atoms with van der Waals surface area (Å²) in [5.74, 6) is 0.764. The lowest BCUT2D eigenvalue weighted by Crippen LogP contribution is -2.39. The number of nitrogens with two attached hydrogens (primary N) is 2. The van der Waals surface area contributed by atoms with E-state index in [1.165, 1.54) is 0 Å². The van der Waals surface area contributed by atoms with Crippen molar-refractivity contribution in [1.29, 1.82) is 0 Å². The fraction of sp³-hybridized carbons (Fsp3) is 0.308. The highest BCUT2D eigenvalue weighted by Gasteiger charge is 2.25. The van der Waals surface area contributed by atoms with E-state index < -0.39 is 11.9 Å². The number of carbonyl (C=O) groups excluding carboxylic acids is 1. The molecule has 0 saturated heterocycles. The third-order valence-corrected chi connectivity index (χ3v) is 3.22. The maximum atomic E-state index is 10.9. The number of carbonyl (C=O) groups is 1. The van der Waals surface area contributed by atoms with Crippen LogP contribution in [-0.4, -0.2) is 34.9 Å². The third-order valence-electron chi connectivity index (χ3n) is 3.22. The summed E-state index contributed by atoms with van der Waals surface area (Å²) in [5, 5.41) is 7.81. The molecule has 7 nitrogen and oxygen atoms in total. The van der Waals surface area contributed by atoms with Gasteiger partial charge in [-0.25, -0.2) is 0 Å². The van der Waals surface area contributed by atoms with Crippen LogP contribution >= 0.6 is 0 Å². The zero-order chi connectivity index (χ0) is 14.1. The van der Waals surface area contributed by atoms with Crippen molar-refractivity contribution >= 4 is 16.8 Å². The number of nitrogens with one attached hydrogen (secondary N) is 1. The first-order valence-electron chi connectivity index (χ1n) is 6.29.